The van der Waals surface area contributed by atoms with E-state index in [-0.39, 0.29) is 5.91 Å². The van der Waals surface area contributed by atoms with Gasteiger partial charge in [-0.25, -0.2) is 4.79 Å². The average molecular weight is 343 g/mol. The molecule has 1 atom stereocenters. The molecule has 6 heteroatoms. The number of carbonyl (C=O) groups excluding carboxylic acids is 2. The zero-order valence-electron chi connectivity index (χ0n) is 13.5. The Hall–Kier alpha value is -2.47. The van der Waals surface area contributed by atoms with Gasteiger partial charge in [0.05, 0.1) is 0 Å². The van der Waals surface area contributed by atoms with Crippen molar-refractivity contribution in [1.29, 1.82) is 0 Å². The van der Waals surface area contributed by atoms with E-state index in [9.17, 15) is 9.59 Å². The fourth-order valence-corrected chi connectivity index (χ4v) is 2.75. The lowest BCUT2D eigenvalue weighted by Gasteiger charge is -2.17. The number of thioether (sulfide) groups is 1. The van der Waals surface area contributed by atoms with E-state index in [1.54, 1.807) is 11.8 Å². The van der Waals surface area contributed by atoms with Crippen molar-refractivity contribution in [3.8, 4) is 11.1 Å². The van der Waals surface area contributed by atoms with E-state index in [1.165, 1.54) is 0 Å². The molecule has 0 fully saturated rings. The summed E-state index contributed by atoms with van der Waals surface area (Å²) in [5, 5.41) is 5.30. The van der Waals surface area contributed by atoms with Crippen LogP contribution in [0.2, 0.25) is 0 Å². The van der Waals surface area contributed by atoms with Gasteiger partial charge < -0.3 is 16.4 Å². The fraction of sp³-hybridized carbons (Fsp3) is 0.222. The first kappa shape index (κ1) is 17.9. The number of rotatable bonds is 7. The Morgan fingerprint density at radius 2 is 1.67 bits per heavy atom. The average Bonchev–Trinajstić information content (AvgIpc) is 2.59. The van der Waals surface area contributed by atoms with Gasteiger partial charge in [-0.1, -0.05) is 42.5 Å². The zero-order valence-corrected chi connectivity index (χ0v) is 14.3. The lowest BCUT2D eigenvalue weighted by atomic mass is 10.1. The number of carbonyl (C=O) groups is 2. The van der Waals surface area contributed by atoms with E-state index < -0.39 is 12.1 Å². The first-order chi connectivity index (χ1) is 11.6. The molecule has 5 nitrogen and oxygen atoms in total. The van der Waals surface area contributed by atoms with E-state index in [4.69, 9.17) is 5.73 Å². The predicted molar refractivity (Wildman–Crippen MR) is 100 cm³/mol. The number of amides is 3. The molecule has 0 aliphatic heterocycles. The van der Waals surface area contributed by atoms with Gasteiger partial charge in [-0.2, -0.15) is 11.8 Å². The summed E-state index contributed by atoms with van der Waals surface area (Å²) in [4.78, 5) is 23.4. The SMILES string of the molecule is CSCC[C@H](NC(N)=O)C(=O)Nc1ccc(-c2ccccc2)cc1. The molecule has 0 aliphatic carbocycles. The summed E-state index contributed by atoms with van der Waals surface area (Å²) >= 11 is 1.61. The second-order valence-corrected chi connectivity index (χ2v) is 6.26. The third-order valence-corrected chi connectivity index (χ3v) is 4.15. The number of benzene rings is 2. The zero-order chi connectivity index (χ0) is 17.4. The molecule has 0 radical (unpaired) electrons. The van der Waals surface area contributed by atoms with Crippen LogP contribution in [0.1, 0.15) is 6.42 Å². The Kier molecular flexibility index (Phi) is 6.69. The summed E-state index contributed by atoms with van der Waals surface area (Å²) in [5.74, 6) is 0.487. The Morgan fingerprint density at radius 3 is 2.25 bits per heavy atom. The first-order valence-corrected chi connectivity index (χ1v) is 9.01. The Bertz CT molecular complexity index is 674. The molecule has 0 aromatic heterocycles. The summed E-state index contributed by atoms with van der Waals surface area (Å²) in [5.41, 5.74) is 8.01. The van der Waals surface area contributed by atoms with Crippen LogP contribution in [0.15, 0.2) is 54.6 Å². The van der Waals surface area contributed by atoms with Gasteiger partial charge in [0, 0.05) is 5.69 Å². The van der Waals surface area contributed by atoms with Crippen molar-refractivity contribution in [3.63, 3.8) is 0 Å². The van der Waals surface area contributed by atoms with E-state index in [0.717, 1.165) is 16.9 Å². The molecular formula is C18H21N3O2S. The lowest BCUT2D eigenvalue weighted by Crippen LogP contribution is -2.46. The Labute approximate surface area is 146 Å². The molecule has 2 rings (SSSR count). The van der Waals surface area contributed by atoms with Crippen LogP contribution in [0.3, 0.4) is 0 Å². The van der Waals surface area contributed by atoms with Crippen LogP contribution in [0.4, 0.5) is 10.5 Å². The van der Waals surface area contributed by atoms with Crippen molar-refractivity contribution in [1.82, 2.24) is 5.32 Å². The molecule has 0 saturated carbocycles. The molecule has 0 spiro atoms. The maximum absolute atomic E-state index is 12.3. The number of hydrogen-bond donors (Lipinski definition) is 3. The second-order valence-electron chi connectivity index (χ2n) is 5.28. The topological polar surface area (TPSA) is 84.2 Å². The molecule has 2 aromatic carbocycles. The van der Waals surface area contributed by atoms with E-state index in [0.29, 0.717) is 12.1 Å². The number of nitrogens with two attached hydrogens (primary N) is 1. The predicted octanol–water partition coefficient (Wildman–Crippen LogP) is 3.08. The van der Waals surface area contributed by atoms with Crippen molar-refractivity contribution in [2.45, 2.75) is 12.5 Å². The van der Waals surface area contributed by atoms with Crippen LogP contribution in [0, 0.1) is 0 Å². The molecule has 0 unspecified atom stereocenters. The number of hydrogen-bond acceptors (Lipinski definition) is 3. The highest BCUT2D eigenvalue weighted by atomic mass is 32.2. The third kappa shape index (κ3) is 5.31. The van der Waals surface area contributed by atoms with Crippen molar-refractivity contribution >= 4 is 29.4 Å². The normalized spacial score (nSPS) is 11.5. The van der Waals surface area contributed by atoms with E-state index in [2.05, 4.69) is 10.6 Å². The van der Waals surface area contributed by atoms with Gasteiger partial charge in [0.15, 0.2) is 0 Å². The molecule has 126 valence electrons. The van der Waals surface area contributed by atoms with Crippen molar-refractivity contribution in [2.24, 2.45) is 5.73 Å². The van der Waals surface area contributed by atoms with Gasteiger partial charge in [-0.05, 0) is 41.7 Å². The van der Waals surface area contributed by atoms with E-state index in [1.807, 2.05) is 60.9 Å². The monoisotopic (exact) mass is 343 g/mol. The largest absolute Gasteiger partial charge is 0.352 e. The maximum Gasteiger partial charge on any atom is 0.312 e. The highest BCUT2D eigenvalue weighted by Crippen LogP contribution is 2.21. The van der Waals surface area contributed by atoms with Gasteiger partial charge in [-0.3, -0.25) is 4.79 Å². The standard InChI is InChI=1S/C18H21N3O2S/c1-24-12-11-16(21-18(19)23)17(22)20-15-9-7-14(8-10-15)13-5-3-2-4-6-13/h2-10,16H,11-12H2,1H3,(H,20,22)(H3,19,21,23)/t16-/m0/s1. The smallest absolute Gasteiger partial charge is 0.312 e. The summed E-state index contributed by atoms with van der Waals surface area (Å²) in [6.45, 7) is 0. The van der Waals surface area contributed by atoms with Crippen LogP contribution in [-0.2, 0) is 4.79 Å². The maximum atomic E-state index is 12.3. The van der Waals surface area contributed by atoms with Crippen LogP contribution in [0.5, 0.6) is 0 Å². The summed E-state index contributed by atoms with van der Waals surface area (Å²) in [6.07, 6.45) is 2.47. The van der Waals surface area contributed by atoms with Gasteiger partial charge in [0.25, 0.3) is 0 Å². The van der Waals surface area contributed by atoms with Crippen LogP contribution >= 0.6 is 11.8 Å². The van der Waals surface area contributed by atoms with Gasteiger partial charge in [0.1, 0.15) is 6.04 Å². The first-order valence-electron chi connectivity index (χ1n) is 7.61. The third-order valence-electron chi connectivity index (χ3n) is 3.50. The van der Waals surface area contributed by atoms with Crippen LogP contribution in [0.25, 0.3) is 11.1 Å². The number of primary amides is 1. The molecule has 0 bridgehead atoms. The molecule has 24 heavy (non-hydrogen) atoms. The molecule has 4 N–H and O–H groups in total. The number of nitrogens with one attached hydrogen (secondary N) is 2. The number of anilines is 1. The molecule has 3 amide bonds. The Morgan fingerprint density at radius 1 is 1.04 bits per heavy atom. The summed E-state index contributed by atoms with van der Waals surface area (Å²) in [7, 11) is 0. The van der Waals surface area contributed by atoms with E-state index >= 15 is 0 Å². The van der Waals surface area contributed by atoms with Crippen LogP contribution < -0.4 is 16.4 Å². The van der Waals surface area contributed by atoms with Gasteiger partial charge in [0.2, 0.25) is 5.91 Å². The Balaban J connectivity index is 2.03. The fourth-order valence-electron chi connectivity index (χ4n) is 2.28. The molecular weight excluding hydrogens is 322 g/mol. The number of urea groups is 1. The van der Waals surface area contributed by atoms with Crippen molar-refractivity contribution in [2.75, 3.05) is 17.3 Å². The lowest BCUT2D eigenvalue weighted by molar-refractivity contribution is -0.117. The second kappa shape index (κ2) is 8.98. The minimum absolute atomic E-state index is 0.268. The molecule has 0 aliphatic rings. The summed E-state index contributed by atoms with van der Waals surface area (Å²) in [6, 6.07) is 16.2. The van der Waals surface area contributed by atoms with Gasteiger partial charge >= 0.3 is 6.03 Å². The van der Waals surface area contributed by atoms with Crippen LogP contribution in [-0.4, -0.2) is 30.0 Å². The minimum Gasteiger partial charge on any atom is -0.352 e. The highest BCUT2D eigenvalue weighted by Gasteiger charge is 2.19. The molecule has 0 saturated heterocycles. The molecule has 0 heterocycles. The minimum atomic E-state index is -0.698. The van der Waals surface area contributed by atoms with Crippen molar-refractivity contribution in [3.05, 3.63) is 54.6 Å². The summed E-state index contributed by atoms with van der Waals surface area (Å²) < 4.78 is 0. The quantitative estimate of drug-likeness (QED) is 0.722. The van der Waals surface area contributed by atoms with Gasteiger partial charge in [-0.15, -0.1) is 0 Å². The highest BCUT2D eigenvalue weighted by molar-refractivity contribution is 7.98. The molecule has 2 aromatic rings. The van der Waals surface area contributed by atoms with Crippen molar-refractivity contribution < 1.29 is 9.59 Å².